The summed E-state index contributed by atoms with van der Waals surface area (Å²) in [4.78, 5) is 28.0. The molecule has 1 aromatic heterocycles. The topological polar surface area (TPSA) is 70.1 Å². The number of rotatable bonds is 2. The van der Waals surface area contributed by atoms with E-state index >= 15 is 0 Å². The summed E-state index contributed by atoms with van der Waals surface area (Å²) in [6, 6.07) is 1.50. The molecule has 0 radical (unpaired) electrons. The second kappa shape index (κ2) is 4.52. The molecule has 2 heterocycles. The van der Waals surface area contributed by atoms with E-state index in [-0.39, 0.29) is 11.2 Å². The third-order valence-electron chi connectivity index (χ3n) is 2.78. The Morgan fingerprint density at radius 3 is 2.56 bits per heavy atom. The van der Waals surface area contributed by atoms with Crippen molar-refractivity contribution in [3.05, 3.63) is 26.9 Å². The van der Waals surface area contributed by atoms with E-state index in [1.165, 1.54) is 10.6 Å². The number of hydrogen-bond donors (Lipinski definition) is 2. The van der Waals surface area contributed by atoms with Crippen molar-refractivity contribution in [3.8, 4) is 0 Å². The van der Waals surface area contributed by atoms with Gasteiger partial charge < -0.3 is 10.2 Å². The van der Waals surface area contributed by atoms with E-state index in [1.54, 1.807) is 6.92 Å². The van der Waals surface area contributed by atoms with Crippen LogP contribution in [0.25, 0.3) is 0 Å². The van der Waals surface area contributed by atoms with Crippen LogP contribution in [0.15, 0.2) is 15.7 Å². The van der Waals surface area contributed by atoms with Crippen LogP contribution >= 0.6 is 0 Å². The van der Waals surface area contributed by atoms with E-state index in [0.717, 1.165) is 26.2 Å². The first-order valence-electron chi connectivity index (χ1n) is 5.52. The molecule has 0 spiro atoms. The zero-order chi connectivity index (χ0) is 11.5. The summed E-state index contributed by atoms with van der Waals surface area (Å²) in [6.45, 7) is 5.55. The third kappa shape index (κ3) is 2.01. The minimum atomic E-state index is -0.330. The van der Waals surface area contributed by atoms with Gasteiger partial charge in [-0.25, -0.2) is 4.79 Å². The highest BCUT2D eigenvalue weighted by atomic mass is 16.2. The highest BCUT2D eigenvalue weighted by Crippen LogP contribution is 2.05. The van der Waals surface area contributed by atoms with Crippen LogP contribution in [0.2, 0.25) is 0 Å². The predicted molar refractivity (Wildman–Crippen MR) is 62.1 cm³/mol. The van der Waals surface area contributed by atoms with Crippen molar-refractivity contribution >= 4 is 5.82 Å². The molecule has 0 unspecified atom stereocenters. The summed E-state index contributed by atoms with van der Waals surface area (Å²) in [6.07, 6.45) is 0. The van der Waals surface area contributed by atoms with Gasteiger partial charge in [0.15, 0.2) is 0 Å². The smallest absolute Gasteiger partial charge is 0.329 e. The average Bonchev–Trinajstić information content (AvgIpc) is 2.30. The first-order chi connectivity index (χ1) is 7.72. The lowest BCUT2D eigenvalue weighted by Gasteiger charge is -2.28. The molecule has 0 saturated carbocycles. The third-order valence-corrected chi connectivity index (χ3v) is 2.78. The Bertz CT molecular complexity index is 439. The molecule has 0 aromatic carbocycles. The fraction of sp³-hybridized carbons (Fsp3) is 0.600. The molecule has 16 heavy (non-hydrogen) atoms. The summed E-state index contributed by atoms with van der Waals surface area (Å²) in [5.74, 6) is 0.626. The van der Waals surface area contributed by atoms with E-state index < -0.39 is 0 Å². The molecule has 6 heteroatoms. The minimum Gasteiger partial charge on any atom is -0.355 e. The number of anilines is 1. The summed E-state index contributed by atoms with van der Waals surface area (Å²) < 4.78 is 1.19. The van der Waals surface area contributed by atoms with Gasteiger partial charge in [-0.1, -0.05) is 0 Å². The van der Waals surface area contributed by atoms with Crippen LogP contribution in [0.1, 0.15) is 6.92 Å². The number of nitrogens with one attached hydrogen (secondary N) is 2. The molecular formula is C10H16N4O2. The molecular weight excluding hydrogens is 208 g/mol. The van der Waals surface area contributed by atoms with Gasteiger partial charge in [0.2, 0.25) is 0 Å². The fourth-order valence-electron chi connectivity index (χ4n) is 1.88. The molecule has 0 aliphatic carbocycles. The van der Waals surface area contributed by atoms with E-state index in [0.29, 0.717) is 12.4 Å². The highest BCUT2D eigenvalue weighted by Gasteiger charge is 2.12. The molecule has 2 N–H and O–H groups in total. The first-order valence-corrected chi connectivity index (χ1v) is 5.52. The number of aromatic amines is 1. The van der Waals surface area contributed by atoms with Gasteiger partial charge in [0.05, 0.1) is 0 Å². The number of hydrogen-bond acceptors (Lipinski definition) is 4. The van der Waals surface area contributed by atoms with Crippen molar-refractivity contribution in [3.63, 3.8) is 0 Å². The number of aromatic nitrogens is 2. The van der Waals surface area contributed by atoms with Crippen molar-refractivity contribution in [1.29, 1.82) is 0 Å². The maximum Gasteiger partial charge on any atom is 0.329 e. The quantitative estimate of drug-likeness (QED) is 0.673. The lowest BCUT2D eigenvalue weighted by atomic mass is 10.3. The van der Waals surface area contributed by atoms with Crippen LogP contribution in [0.4, 0.5) is 5.82 Å². The number of piperazine rings is 1. The largest absolute Gasteiger partial charge is 0.355 e. The summed E-state index contributed by atoms with van der Waals surface area (Å²) in [5.41, 5.74) is -0.566. The Morgan fingerprint density at radius 2 is 2.00 bits per heavy atom. The normalized spacial score (nSPS) is 16.4. The molecule has 88 valence electrons. The van der Waals surface area contributed by atoms with Crippen molar-refractivity contribution < 1.29 is 0 Å². The Balaban J connectivity index is 2.35. The summed E-state index contributed by atoms with van der Waals surface area (Å²) >= 11 is 0. The Kier molecular flexibility index (Phi) is 3.09. The molecule has 0 amide bonds. The Labute approximate surface area is 92.9 Å². The zero-order valence-electron chi connectivity index (χ0n) is 9.32. The lowest BCUT2D eigenvalue weighted by Crippen LogP contribution is -2.46. The van der Waals surface area contributed by atoms with Gasteiger partial charge in [0, 0.05) is 38.8 Å². The lowest BCUT2D eigenvalue weighted by molar-refractivity contribution is 0.578. The summed E-state index contributed by atoms with van der Waals surface area (Å²) in [5, 5.41) is 3.22. The van der Waals surface area contributed by atoms with Crippen LogP contribution < -0.4 is 21.5 Å². The van der Waals surface area contributed by atoms with Crippen LogP contribution in [0, 0.1) is 0 Å². The molecule has 1 aromatic rings. The van der Waals surface area contributed by atoms with Crippen molar-refractivity contribution in [1.82, 2.24) is 14.9 Å². The van der Waals surface area contributed by atoms with Crippen LogP contribution in [-0.2, 0) is 6.54 Å². The fourth-order valence-corrected chi connectivity index (χ4v) is 1.88. The van der Waals surface area contributed by atoms with Gasteiger partial charge >= 0.3 is 5.69 Å². The molecule has 0 atom stereocenters. The van der Waals surface area contributed by atoms with E-state index in [1.807, 2.05) is 4.90 Å². The molecule has 1 aliphatic heterocycles. The van der Waals surface area contributed by atoms with Gasteiger partial charge in [0.25, 0.3) is 5.56 Å². The Hall–Kier alpha value is -1.56. The zero-order valence-corrected chi connectivity index (χ0v) is 9.32. The Morgan fingerprint density at radius 1 is 1.31 bits per heavy atom. The average molecular weight is 224 g/mol. The molecule has 6 nitrogen and oxygen atoms in total. The van der Waals surface area contributed by atoms with Crippen LogP contribution in [-0.4, -0.2) is 35.7 Å². The second-order valence-corrected chi connectivity index (χ2v) is 3.78. The van der Waals surface area contributed by atoms with Gasteiger partial charge in [-0.15, -0.1) is 0 Å². The standard InChI is InChI=1S/C10H16N4O2/c1-2-14-9(15)7-8(12-10(14)16)13-5-3-11-4-6-13/h7,11H,2-6H2,1H3,(H,12,16). The van der Waals surface area contributed by atoms with Gasteiger partial charge in [0.1, 0.15) is 5.82 Å². The highest BCUT2D eigenvalue weighted by molar-refractivity contribution is 5.37. The molecule has 1 saturated heterocycles. The van der Waals surface area contributed by atoms with Crippen molar-refractivity contribution in [2.75, 3.05) is 31.1 Å². The van der Waals surface area contributed by atoms with Gasteiger partial charge in [-0.3, -0.25) is 14.3 Å². The number of H-pyrrole nitrogens is 1. The summed E-state index contributed by atoms with van der Waals surface area (Å²) in [7, 11) is 0. The molecule has 1 aliphatic rings. The van der Waals surface area contributed by atoms with E-state index in [4.69, 9.17) is 0 Å². The van der Waals surface area contributed by atoms with Crippen molar-refractivity contribution in [2.45, 2.75) is 13.5 Å². The maximum absolute atomic E-state index is 11.6. The SMILES string of the molecule is CCn1c(=O)cc(N2CCNCC2)[nH]c1=O. The molecule has 0 bridgehead atoms. The monoisotopic (exact) mass is 224 g/mol. The van der Waals surface area contributed by atoms with Gasteiger partial charge in [-0.05, 0) is 6.92 Å². The van der Waals surface area contributed by atoms with Crippen LogP contribution in [0.3, 0.4) is 0 Å². The molecule has 2 rings (SSSR count). The van der Waals surface area contributed by atoms with Crippen molar-refractivity contribution in [2.24, 2.45) is 0 Å². The molecule has 1 fully saturated rings. The minimum absolute atomic E-state index is 0.236. The maximum atomic E-state index is 11.6. The first kappa shape index (κ1) is 10.9. The van der Waals surface area contributed by atoms with E-state index in [2.05, 4.69) is 10.3 Å². The van der Waals surface area contributed by atoms with E-state index in [9.17, 15) is 9.59 Å². The number of nitrogens with zero attached hydrogens (tertiary/aromatic N) is 2. The second-order valence-electron chi connectivity index (χ2n) is 3.78. The predicted octanol–water partition coefficient (Wildman–Crippen LogP) is -1.03. The van der Waals surface area contributed by atoms with Gasteiger partial charge in [-0.2, -0.15) is 0 Å². The van der Waals surface area contributed by atoms with Crippen LogP contribution in [0.5, 0.6) is 0 Å².